The van der Waals surface area contributed by atoms with Crippen molar-refractivity contribution >= 4 is 43.1 Å². The minimum absolute atomic E-state index is 0.119. The van der Waals surface area contributed by atoms with Crippen LogP contribution in [-0.2, 0) is 10.8 Å². The molecular formula is C30H30. The van der Waals surface area contributed by atoms with Crippen LogP contribution in [0, 0.1) is 0 Å². The van der Waals surface area contributed by atoms with E-state index in [1.807, 2.05) is 0 Å². The molecule has 5 aromatic carbocycles. The number of hydrogen-bond donors (Lipinski definition) is 0. The van der Waals surface area contributed by atoms with Gasteiger partial charge in [0, 0.05) is 0 Å². The molecule has 0 unspecified atom stereocenters. The van der Waals surface area contributed by atoms with E-state index in [0.717, 1.165) is 0 Å². The third-order valence-corrected chi connectivity index (χ3v) is 6.37. The van der Waals surface area contributed by atoms with Crippen molar-refractivity contribution in [2.24, 2.45) is 0 Å². The summed E-state index contributed by atoms with van der Waals surface area (Å²) in [7, 11) is 0. The van der Waals surface area contributed by atoms with Gasteiger partial charge in [-0.15, -0.1) is 0 Å². The van der Waals surface area contributed by atoms with Gasteiger partial charge in [-0.3, -0.25) is 0 Å². The summed E-state index contributed by atoms with van der Waals surface area (Å²) < 4.78 is 0. The fourth-order valence-corrected chi connectivity index (χ4v) is 4.74. The highest BCUT2D eigenvalue weighted by Gasteiger charge is 2.25. The Morgan fingerprint density at radius 2 is 0.633 bits per heavy atom. The fraction of sp³-hybridized carbons (Fsp3) is 0.267. The zero-order chi connectivity index (χ0) is 21.3. The summed E-state index contributed by atoms with van der Waals surface area (Å²) in [4.78, 5) is 0. The first kappa shape index (κ1) is 19.1. The van der Waals surface area contributed by atoms with Crippen molar-refractivity contribution in [3.05, 3.63) is 83.9 Å². The molecule has 0 heterocycles. The van der Waals surface area contributed by atoms with E-state index in [0.29, 0.717) is 0 Å². The third kappa shape index (κ3) is 3.16. The smallest absolute Gasteiger partial charge is 0.0129 e. The van der Waals surface area contributed by atoms with Gasteiger partial charge in [0.15, 0.2) is 0 Å². The normalized spacial score (nSPS) is 13.0. The molecule has 5 aromatic rings. The molecule has 0 aromatic heterocycles. The predicted octanol–water partition coefficient (Wildman–Crippen LogP) is 8.89. The Morgan fingerprint density at radius 1 is 0.367 bits per heavy atom. The zero-order valence-electron chi connectivity index (χ0n) is 18.9. The molecule has 0 aliphatic rings. The molecule has 0 saturated carbocycles. The van der Waals surface area contributed by atoms with Gasteiger partial charge in [-0.05, 0) is 101 Å². The topological polar surface area (TPSA) is 0 Å². The van der Waals surface area contributed by atoms with Gasteiger partial charge in [0.2, 0.25) is 0 Å². The monoisotopic (exact) mass is 390 g/mol. The molecule has 150 valence electrons. The maximum Gasteiger partial charge on any atom is -0.0129 e. The molecule has 0 spiro atoms. The average Bonchev–Trinajstić information content (AvgIpc) is 2.66. The van der Waals surface area contributed by atoms with E-state index in [1.165, 1.54) is 54.2 Å². The Labute approximate surface area is 179 Å². The van der Waals surface area contributed by atoms with Crippen LogP contribution in [0.5, 0.6) is 0 Å². The van der Waals surface area contributed by atoms with Gasteiger partial charge in [0.1, 0.15) is 0 Å². The molecule has 0 amide bonds. The van der Waals surface area contributed by atoms with E-state index in [-0.39, 0.29) is 10.8 Å². The van der Waals surface area contributed by atoms with Gasteiger partial charge in [-0.25, -0.2) is 0 Å². The molecule has 5 rings (SSSR count). The van der Waals surface area contributed by atoms with Gasteiger partial charge < -0.3 is 0 Å². The summed E-state index contributed by atoms with van der Waals surface area (Å²) >= 11 is 0. The van der Waals surface area contributed by atoms with Crippen LogP contribution in [0.4, 0.5) is 0 Å². The molecule has 0 aliphatic heterocycles. The Balaban J connectivity index is 1.83. The summed E-state index contributed by atoms with van der Waals surface area (Å²) in [5, 5.41) is 10.5. The van der Waals surface area contributed by atoms with Crippen LogP contribution in [0.25, 0.3) is 43.1 Å². The second-order valence-corrected chi connectivity index (χ2v) is 10.8. The van der Waals surface area contributed by atoms with Crippen LogP contribution in [0.15, 0.2) is 72.8 Å². The largest absolute Gasteiger partial charge is 0.0616 e. The summed E-state index contributed by atoms with van der Waals surface area (Å²) in [6, 6.07) is 27.6. The van der Waals surface area contributed by atoms with Crippen LogP contribution >= 0.6 is 0 Å². The van der Waals surface area contributed by atoms with Gasteiger partial charge in [0.05, 0.1) is 0 Å². The van der Waals surface area contributed by atoms with Crippen molar-refractivity contribution in [3.63, 3.8) is 0 Å². The Kier molecular flexibility index (Phi) is 4.03. The lowest BCUT2D eigenvalue weighted by Crippen LogP contribution is -2.21. The second kappa shape index (κ2) is 6.32. The van der Waals surface area contributed by atoms with E-state index in [1.54, 1.807) is 0 Å². The van der Waals surface area contributed by atoms with E-state index in [2.05, 4.69) is 114 Å². The summed E-state index contributed by atoms with van der Waals surface area (Å²) in [5.41, 5.74) is 3.14. The first-order valence-electron chi connectivity index (χ1n) is 10.9. The zero-order valence-corrected chi connectivity index (χ0v) is 18.9. The highest BCUT2D eigenvalue weighted by atomic mass is 14.3. The number of benzene rings is 5. The molecule has 0 fully saturated rings. The first-order valence-corrected chi connectivity index (χ1v) is 10.9. The van der Waals surface area contributed by atoms with E-state index >= 15 is 0 Å². The lowest BCUT2D eigenvalue weighted by Gasteiger charge is -2.30. The minimum Gasteiger partial charge on any atom is -0.0616 e. The Morgan fingerprint density at radius 3 is 0.933 bits per heavy atom. The van der Waals surface area contributed by atoms with Crippen LogP contribution in [-0.4, -0.2) is 0 Å². The molecule has 0 saturated heterocycles. The Bertz CT molecular complexity index is 1330. The van der Waals surface area contributed by atoms with Gasteiger partial charge in [-0.1, -0.05) is 77.9 Å². The maximum atomic E-state index is 2.43. The van der Waals surface area contributed by atoms with Crippen molar-refractivity contribution in [2.75, 3.05) is 0 Å². The molecule has 30 heavy (non-hydrogen) atoms. The maximum absolute atomic E-state index is 2.43. The van der Waals surface area contributed by atoms with E-state index in [4.69, 9.17) is 0 Å². The van der Waals surface area contributed by atoms with Crippen molar-refractivity contribution in [1.29, 1.82) is 0 Å². The molecule has 0 nitrogen and oxygen atoms in total. The highest BCUT2D eigenvalue weighted by molar-refractivity contribution is 6.08. The number of fused-ring (bicyclic) bond motifs is 4. The third-order valence-electron chi connectivity index (χ3n) is 6.37. The van der Waals surface area contributed by atoms with Crippen LogP contribution < -0.4 is 0 Å². The Hall–Kier alpha value is -2.86. The molecule has 0 aliphatic carbocycles. The highest BCUT2D eigenvalue weighted by Crippen LogP contribution is 2.38. The quantitative estimate of drug-likeness (QED) is 0.232. The van der Waals surface area contributed by atoms with E-state index in [9.17, 15) is 0 Å². The van der Waals surface area contributed by atoms with Crippen molar-refractivity contribution in [3.8, 4) is 0 Å². The van der Waals surface area contributed by atoms with Crippen LogP contribution in [0.2, 0.25) is 0 Å². The summed E-state index contributed by atoms with van der Waals surface area (Å²) in [6.45, 7) is 13.9. The van der Waals surface area contributed by atoms with Crippen molar-refractivity contribution in [1.82, 2.24) is 0 Å². The minimum atomic E-state index is 0.119. The van der Waals surface area contributed by atoms with E-state index < -0.39 is 0 Å². The SMILES string of the molecule is CC(C)(C)c1cc2cc3cc4cc5ccccc5cc4cc3cc2cc1C(C)(C)C. The predicted molar refractivity (Wildman–Crippen MR) is 134 cm³/mol. The van der Waals surface area contributed by atoms with Gasteiger partial charge >= 0.3 is 0 Å². The lowest BCUT2D eigenvalue weighted by atomic mass is 9.74. The average molecular weight is 391 g/mol. The molecular weight excluding hydrogens is 360 g/mol. The fourth-order valence-electron chi connectivity index (χ4n) is 4.74. The first-order chi connectivity index (χ1) is 14.1. The summed E-state index contributed by atoms with van der Waals surface area (Å²) in [5.74, 6) is 0. The molecule has 0 atom stereocenters. The summed E-state index contributed by atoms with van der Waals surface area (Å²) in [6.07, 6.45) is 0. The van der Waals surface area contributed by atoms with Crippen molar-refractivity contribution < 1.29 is 0 Å². The van der Waals surface area contributed by atoms with Crippen LogP contribution in [0.3, 0.4) is 0 Å². The van der Waals surface area contributed by atoms with Crippen LogP contribution in [0.1, 0.15) is 52.7 Å². The lowest BCUT2D eigenvalue weighted by molar-refractivity contribution is 0.531. The van der Waals surface area contributed by atoms with Gasteiger partial charge in [0.25, 0.3) is 0 Å². The van der Waals surface area contributed by atoms with Gasteiger partial charge in [-0.2, -0.15) is 0 Å². The molecule has 0 N–H and O–H groups in total. The number of hydrogen-bond acceptors (Lipinski definition) is 0. The molecule has 0 bridgehead atoms. The van der Waals surface area contributed by atoms with Crippen molar-refractivity contribution in [2.45, 2.75) is 52.4 Å². The molecule has 0 radical (unpaired) electrons. The number of rotatable bonds is 0. The molecule has 0 heteroatoms. The second-order valence-electron chi connectivity index (χ2n) is 10.8. The standard InChI is InChI=1S/C30H30/c1-29(2,3)27-17-25-15-23-13-21-11-19-9-7-8-10-20(19)12-22(21)14-24(23)16-26(25)18-28(27)30(4,5)6/h7-18H,1-6H3.